The van der Waals surface area contributed by atoms with Gasteiger partial charge in [-0.2, -0.15) is 0 Å². The van der Waals surface area contributed by atoms with Crippen molar-refractivity contribution in [2.75, 3.05) is 18.4 Å². The first-order valence-electron chi connectivity index (χ1n) is 9.45. The minimum absolute atomic E-state index is 0.0195. The molecule has 4 unspecified atom stereocenters. The van der Waals surface area contributed by atoms with Crippen molar-refractivity contribution in [3.63, 3.8) is 0 Å². The molecule has 0 aromatic heterocycles. The van der Waals surface area contributed by atoms with Gasteiger partial charge in [0.05, 0.1) is 12.0 Å². The monoisotopic (exact) mass is 326 g/mol. The first kappa shape index (κ1) is 14.8. The summed E-state index contributed by atoms with van der Waals surface area (Å²) in [6, 6.07) is 9.13. The van der Waals surface area contributed by atoms with Crippen LogP contribution < -0.4 is 5.32 Å². The van der Waals surface area contributed by atoms with Crippen LogP contribution in [0.4, 0.5) is 5.69 Å². The molecule has 5 atom stereocenters. The van der Waals surface area contributed by atoms with Crippen LogP contribution in [0.3, 0.4) is 0 Å². The molecule has 128 valence electrons. The molecule has 1 spiro atoms. The number of nitrogens with one attached hydrogen (secondary N) is 1. The Bertz CT molecular complexity index is 705. The highest BCUT2D eigenvalue weighted by Crippen LogP contribution is 2.65. The van der Waals surface area contributed by atoms with Crippen LogP contribution in [0.25, 0.3) is 0 Å². The van der Waals surface area contributed by atoms with Gasteiger partial charge in [-0.15, -0.1) is 0 Å². The van der Waals surface area contributed by atoms with Crippen LogP contribution in [-0.4, -0.2) is 41.1 Å². The smallest absolute Gasteiger partial charge is 0.308 e. The van der Waals surface area contributed by atoms with E-state index in [9.17, 15) is 9.90 Å². The van der Waals surface area contributed by atoms with Crippen LogP contribution in [0.5, 0.6) is 0 Å². The number of para-hydroxylation sites is 1. The number of fused-ring (bicyclic) bond motifs is 1. The predicted molar refractivity (Wildman–Crippen MR) is 93.2 cm³/mol. The van der Waals surface area contributed by atoms with Gasteiger partial charge in [0, 0.05) is 17.1 Å². The van der Waals surface area contributed by atoms with Crippen LogP contribution in [-0.2, 0) is 10.2 Å². The highest BCUT2D eigenvalue weighted by atomic mass is 16.4. The van der Waals surface area contributed by atoms with E-state index in [0.717, 1.165) is 25.8 Å². The summed E-state index contributed by atoms with van der Waals surface area (Å²) in [7, 11) is 0. The first-order valence-corrected chi connectivity index (χ1v) is 9.45. The van der Waals surface area contributed by atoms with Crippen molar-refractivity contribution in [2.24, 2.45) is 11.3 Å². The molecule has 24 heavy (non-hydrogen) atoms. The summed E-state index contributed by atoms with van der Waals surface area (Å²) < 4.78 is 0. The predicted octanol–water partition coefficient (Wildman–Crippen LogP) is 3.09. The molecule has 2 N–H and O–H groups in total. The van der Waals surface area contributed by atoms with Crippen molar-refractivity contribution in [2.45, 2.75) is 56.5 Å². The van der Waals surface area contributed by atoms with E-state index < -0.39 is 5.97 Å². The van der Waals surface area contributed by atoms with Crippen molar-refractivity contribution in [1.29, 1.82) is 0 Å². The number of rotatable bonds is 2. The molecule has 3 fully saturated rings. The lowest BCUT2D eigenvalue weighted by atomic mass is 9.49. The number of carbonyl (C=O) groups is 1. The van der Waals surface area contributed by atoms with Gasteiger partial charge in [-0.25, -0.2) is 0 Å². The summed E-state index contributed by atoms with van der Waals surface area (Å²) in [5, 5.41) is 13.7. The number of nitrogens with zero attached hydrogens (tertiary/aromatic N) is 1. The maximum atomic E-state index is 12.2. The highest BCUT2D eigenvalue weighted by Gasteiger charge is 2.69. The number of carboxylic acid groups (broad SMARTS) is 1. The number of piperidine rings is 1. The van der Waals surface area contributed by atoms with E-state index in [1.165, 1.54) is 30.6 Å². The van der Waals surface area contributed by atoms with Crippen molar-refractivity contribution >= 4 is 11.7 Å². The third-order valence-electron chi connectivity index (χ3n) is 7.71. The number of aliphatic carboxylic acids is 1. The van der Waals surface area contributed by atoms with Gasteiger partial charge >= 0.3 is 5.97 Å². The summed E-state index contributed by atoms with van der Waals surface area (Å²) >= 11 is 0. The number of anilines is 1. The standard InChI is InChI=1S/C20H26N2O2/c1-2-19-8-5-10-22-11-9-20(18(19)22)14-6-3-4-7-15(14)21-16(20)13(12-19)17(23)24/h3-4,6-7,13,16,18,21H,2,5,8-12H2,1H3,(H,23,24)/t13?,16?,18?,19-,20?/m0/s1. The molecule has 0 radical (unpaired) electrons. The second-order valence-electron chi connectivity index (χ2n) is 8.36. The number of carboxylic acids is 1. The first-order chi connectivity index (χ1) is 11.6. The molecule has 3 aliphatic heterocycles. The fourth-order valence-corrected chi connectivity index (χ4v) is 6.93. The molecule has 0 amide bonds. The van der Waals surface area contributed by atoms with E-state index in [1.807, 2.05) is 0 Å². The Kier molecular flexibility index (Phi) is 2.92. The number of benzene rings is 1. The Balaban J connectivity index is 1.75. The van der Waals surface area contributed by atoms with E-state index in [2.05, 4.69) is 41.4 Å². The third-order valence-corrected chi connectivity index (χ3v) is 7.71. The zero-order valence-corrected chi connectivity index (χ0v) is 14.3. The average Bonchev–Trinajstić information content (AvgIpc) is 3.15. The molecule has 1 aromatic carbocycles. The summed E-state index contributed by atoms with van der Waals surface area (Å²) in [6.45, 7) is 4.58. The van der Waals surface area contributed by atoms with Crippen molar-refractivity contribution in [3.8, 4) is 0 Å². The van der Waals surface area contributed by atoms with Crippen LogP contribution >= 0.6 is 0 Å². The lowest BCUT2D eigenvalue weighted by Gasteiger charge is -2.59. The van der Waals surface area contributed by atoms with Crippen LogP contribution in [0, 0.1) is 11.3 Å². The Morgan fingerprint density at radius 1 is 1.33 bits per heavy atom. The van der Waals surface area contributed by atoms with E-state index in [4.69, 9.17) is 0 Å². The Hall–Kier alpha value is -1.55. The molecule has 3 heterocycles. The highest BCUT2D eigenvalue weighted by molar-refractivity contribution is 5.76. The lowest BCUT2D eigenvalue weighted by Crippen LogP contribution is -2.67. The molecule has 0 bridgehead atoms. The zero-order chi connectivity index (χ0) is 16.5. The average molecular weight is 326 g/mol. The van der Waals surface area contributed by atoms with Crippen LogP contribution in [0.15, 0.2) is 24.3 Å². The minimum Gasteiger partial charge on any atom is -0.481 e. The molecule has 2 saturated heterocycles. The lowest BCUT2D eigenvalue weighted by molar-refractivity contribution is -0.150. The molecule has 5 rings (SSSR count). The largest absolute Gasteiger partial charge is 0.481 e. The van der Waals surface area contributed by atoms with Gasteiger partial charge in [0.2, 0.25) is 0 Å². The van der Waals surface area contributed by atoms with Gasteiger partial charge < -0.3 is 10.4 Å². The van der Waals surface area contributed by atoms with E-state index >= 15 is 0 Å². The molecular weight excluding hydrogens is 300 g/mol. The molecule has 4 nitrogen and oxygen atoms in total. The normalized spacial score (nSPS) is 42.8. The number of hydrogen-bond donors (Lipinski definition) is 2. The quantitative estimate of drug-likeness (QED) is 0.877. The van der Waals surface area contributed by atoms with Crippen LogP contribution in [0.1, 0.15) is 44.6 Å². The third kappa shape index (κ3) is 1.56. The molecule has 4 aliphatic rings. The maximum Gasteiger partial charge on any atom is 0.308 e. The summed E-state index contributed by atoms with van der Waals surface area (Å²) in [5.74, 6) is -0.901. The van der Waals surface area contributed by atoms with Crippen molar-refractivity contribution in [3.05, 3.63) is 29.8 Å². The maximum absolute atomic E-state index is 12.2. The Morgan fingerprint density at radius 3 is 2.96 bits per heavy atom. The topological polar surface area (TPSA) is 52.6 Å². The molecule has 1 aromatic rings. The molecule has 1 aliphatic carbocycles. The molecule has 1 saturated carbocycles. The van der Waals surface area contributed by atoms with E-state index in [0.29, 0.717) is 6.04 Å². The van der Waals surface area contributed by atoms with Gasteiger partial charge in [0.15, 0.2) is 0 Å². The molecular formula is C20H26N2O2. The minimum atomic E-state index is -0.616. The fraction of sp³-hybridized carbons (Fsp3) is 0.650. The Labute approximate surface area is 143 Å². The van der Waals surface area contributed by atoms with Crippen molar-refractivity contribution in [1.82, 2.24) is 4.90 Å². The number of hydrogen-bond acceptors (Lipinski definition) is 3. The fourth-order valence-electron chi connectivity index (χ4n) is 6.93. The zero-order valence-electron chi connectivity index (χ0n) is 14.3. The summed E-state index contributed by atoms with van der Waals surface area (Å²) in [6.07, 6.45) is 5.41. The van der Waals surface area contributed by atoms with E-state index in [1.54, 1.807) is 0 Å². The van der Waals surface area contributed by atoms with Gasteiger partial charge in [-0.05, 0) is 62.2 Å². The van der Waals surface area contributed by atoms with Gasteiger partial charge in [-0.1, -0.05) is 25.1 Å². The summed E-state index contributed by atoms with van der Waals surface area (Å²) in [5.41, 5.74) is 2.70. The van der Waals surface area contributed by atoms with Gasteiger partial charge in [0.1, 0.15) is 0 Å². The SMILES string of the molecule is CC[C@]12CCCN3CCC4(c5ccccc5NC4C(C(=O)O)C1)C32. The van der Waals surface area contributed by atoms with Crippen molar-refractivity contribution < 1.29 is 9.90 Å². The van der Waals surface area contributed by atoms with E-state index in [-0.39, 0.29) is 22.8 Å². The molecule has 4 heteroatoms. The van der Waals surface area contributed by atoms with Gasteiger partial charge in [-0.3, -0.25) is 9.69 Å². The second kappa shape index (κ2) is 4.75. The van der Waals surface area contributed by atoms with Gasteiger partial charge in [0.25, 0.3) is 0 Å². The van der Waals surface area contributed by atoms with Crippen LogP contribution in [0.2, 0.25) is 0 Å². The summed E-state index contributed by atoms with van der Waals surface area (Å²) in [4.78, 5) is 14.9. The second-order valence-corrected chi connectivity index (χ2v) is 8.36. The Morgan fingerprint density at radius 2 is 2.17 bits per heavy atom.